The van der Waals surface area contributed by atoms with Crippen LogP contribution >= 0.6 is 0 Å². The molecule has 2 saturated heterocycles. The van der Waals surface area contributed by atoms with Crippen LogP contribution in [0.25, 0.3) is 0 Å². The molecule has 0 aromatic carbocycles. The van der Waals surface area contributed by atoms with Crippen LogP contribution in [-0.4, -0.2) is 56.3 Å². The fraction of sp³-hybridized carbons (Fsp3) is 0.833. The Bertz CT molecular complexity index is 492. The number of carbonyl (C=O) groups is 2. The lowest BCUT2D eigenvalue weighted by Crippen LogP contribution is -2.48. The van der Waals surface area contributed by atoms with Crippen molar-refractivity contribution < 1.29 is 18.0 Å². The third-order valence-corrected chi connectivity index (χ3v) is 5.81. The van der Waals surface area contributed by atoms with Crippen molar-refractivity contribution in [3.05, 3.63) is 0 Å². The Balaban J connectivity index is 1.97. The quantitative estimate of drug-likeness (QED) is 0.746. The highest BCUT2D eigenvalue weighted by Crippen LogP contribution is 2.37. The number of carbonyl (C=O) groups excluding carboxylic acids is 2. The number of sulfone groups is 1. The Morgan fingerprint density at radius 3 is 2.37 bits per heavy atom. The Labute approximate surface area is 113 Å². The molecular formula is C12H20N2O4S. The van der Waals surface area contributed by atoms with Crippen molar-refractivity contribution in [2.24, 2.45) is 5.41 Å². The first-order chi connectivity index (χ1) is 8.73. The molecule has 1 N–H and O–H groups in total. The highest BCUT2D eigenvalue weighted by atomic mass is 32.2. The molecule has 2 aliphatic rings. The van der Waals surface area contributed by atoms with Gasteiger partial charge in [-0.3, -0.25) is 9.59 Å². The van der Waals surface area contributed by atoms with Crippen LogP contribution in [-0.2, 0) is 19.4 Å². The minimum absolute atomic E-state index is 0.0256. The molecule has 108 valence electrons. The molecule has 1 spiro atoms. The van der Waals surface area contributed by atoms with Gasteiger partial charge in [-0.05, 0) is 25.2 Å². The minimum Gasteiger partial charge on any atom is -0.356 e. The monoisotopic (exact) mass is 288 g/mol. The molecule has 0 aromatic heterocycles. The van der Waals surface area contributed by atoms with E-state index in [1.165, 1.54) is 6.92 Å². The number of nitrogens with zero attached hydrogens (tertiary/aromatic N) is 1. The zero-order valence-electron chi connectivity index (χ0n) is 11.3. The number of likely N-dealkylation sites (tertiary alicyclic amines) is 1. The summed E-state index contributed by atoms with van der Waals surface area (Å²) in [6.45, 7) is 3.18. The van der Waals surface area contributed by atoms with Crippen LogP contribution in [0.4, 0.5) is 0 Å². The second-order valence-electron chi connectivity index (χ2n) is 5.75. The molecule has 19 heavy (non-hydrogen) atoms. The van der Waals surface area contributed by atoms with Gasteiger partial charge in [0.05, 0.1) is 0 Å². The molecular weight excluding hydrogens is 268 g/mol. The van der Waals surface area contributed by atoms with Crippen molar-refractivity contribution in [2.45, 2.75) is 31.4 Å². The van der Waals surface area contributed by atoms with Gasteiger partial charge in [-0.15, -0.1) is 0 Å². The van der Waals surface area contributed by atoms with Gasteiger partial charge < -0.3 is 10.2 Å². The van der Waals surface area contributed by atoms with Crippen LogP contribution in [0.1, 0.15) is 26.2 Å². The summed E-state index contributed by atoms with van der Waals surface area (Å²) in [6.07, 6.45) is 3.12. The lowest BCUT2D eigenvalue weighted by Gasteiger charge is -2.38. The Hall–Kier alpha value is -1.11. The SMILES string of the molecule is CC(C(=O)N1CCC2(CC1)CNC(=O)C2)S(C)(=O)=O. The van der Waals surface area contributed by atoms with Crippen LogP contribution in [0.2, 0.25) is 0 Å². The first-order valence-corrected chi connectivity index (χ1v) is 8.43. The van der Waals surface area contributed by atoms with Gasteiger partial charge in [0, 0.05) is 32.3 Å². The summed E-state index contributed by atoms with van der Waals surface area (Å²) in [5.41, 5.74) is -0.0256. The van der Waals surface area contributed by atoms with Crippen LogP contribution in [0, 0.1) is 5.41 Å². The third-order valence-electron chi connectivity index (χ3n) is 4.32. The van der Waals surface area contributed by atoms with Crippen LogP contribution < -0.4 is 5.32 Å². The Morgan fingerprint density at radius 2 is 1.95 bits per heavy atom. The third kappa shape index (κ3) is 2.91. The molecule has 2 rings (SSSR count). The van der Waals surface area contributed by atoms with Gasteiger partial charge in [0.2, 0.25) is 11.8 Å². The van der Waals surface area contributed by atoms with E-state index in [1.54, 1.807) is 4.90 Å². The van der Waals surface area contributed by atoms with Crippen molar-refractivity contribution in [1.29, 1.82) is 0 Å². The summed E-state index contributed by atoms with van der Waals surface area (Å²) in [5, 5.41) is 1.85. The molecule has 1 atom stereocenters. The van der Waals surface area contributed by atoms with E-state index in [-0.39, 0.29) is 17.2 Å². The first kappa shape index (κ1) is 14.3. The van der Waals surface area contributed by atoms with Gasteiger partial charge in [0.15, 0.2) is 9.84 Å². The summed E-state index contributed by atoms with van der Waals surface area (Å²) in [5.74, 6) is -0.251. The molecule has 2 amide bonds. The summed E-state index contributed by atoms with van der Waals surface area (Å²) in [4.78, 5) is 25.0. The van der Waals surface area contributed by atoms with E-state index >= 15 is 0 Å². The number of amides is 2. The molecule has 0 aliphatic carbocycles. The standard InChI is InChI=1S/C12H20N2O4S/c1-9(19(2,17)18)11(16)14-5-3-12(4-6-14)7-10(15)13-8-12/h9H,3-8H2,1-2H3,(H,13,15). The van der Waals surface area contributed by atoms with E-state index in [9.17, 15) is 18.0 Å². The summed E-state index contributed by atoms with van der Waals surface area (Å²) < 4.78 is 22.8. The van der Waals surface area contributed by atoms with Gasteiger partial charge in [-0.25, -0.2) is 8.42 Å². The number of hydrogen-bond donors (Lipinski definition) is 1. The van der Waals surface area contributed by atoms with E-state index in [2.05, 4.69) is 5.32 Å². The molecule has 0 saturated carbocycles. The fourth-order valence-electron chi connectivity index (χ4n) is 2.75. The number of nitrogens with one attached hydrogen (secondary N) is 1. The van der Waals surface area contributed by atoms with Gasteiger partial charge in [0.1, 0.15) is 5.25 Å². The van der Waals surface area contributed by atoms with E-state index < -0.39 is 15.1 Å². The molecule has 0 bridgehead atoms. The number of hydrogen-bond acceptors (Lipinski definition) is 4. The maximum atomic E-state index is 12.1. The molecule has 2 aliphatic heterocycles. The Morgan fingerprint density at radius 1 is 1.37 bits per heavy atom. The largest absolute Gasteiger partial charge is 0.356 e. The van der Waals surface area contributed by atoms with E-state index in [0.717, 1.165) is 19.1 Å². The average Bonchev–Trinajstić information content (AvgIpc) is 2.69. The lowest BCUT2D eigenvalue weighted by molar-refractivity contribution is -0.132. The smallest absolute Gasteiger partial charge is 0.240 e. The zero-order chi connectivity index (χ0) is 14.3. The van der Waals surface area contributed by atoms with Crippen molar-refractivity contribution in [3.63, 3.8) is 0 Å². The molecule has 2 heterocycles. The average molecular weight is 288 g/mol. The molecule has 7 heteroatoms. The fourth-order valence-corrected chi connectivity index (χ4v) is 3.26. The first-order valence-electron chi connectivity index (χ1n) is 6.48. The maximum absolute atomic E-state index is 12.1. The second kappa shape index (κ2) is 4.77. The van der Waals surface area contributed by atoms with E-state index in [1.807, 2.05) is 0 Å². The summed E-state index contributed by atoms with van der Waals surface area (Å²) >= 11 is 0. The number of rotatable bonds is 2. The maximum Gasteiger partial charge on any atom is 0.240 e. The van der Waals surface area contributed by atoms with Crippen molar-refractivity contribution in [3.8, 4) is 0 Å². The van der Waals surface area contributed by atoms with E-state index in [4.69, 9.17) is 0 Å². The van der Waals surface area contributed by atoms with Gasteiger partial charge in [-0.1, -0.05) is 0 Å². The second-order valence-corrected chi connectivity index (χ2v) is 8.12. The molecule has 0 aromatic rings. The molecule has 6 nitrogen and oxygen atoms in total. The van der Waals surface area contributed by atoms with Gasteiger partial charge in [-0.2, -0.15) is 0 Å². The van der Waals surface area contributed by atoms with Gasteiger partial charge >= 0.3 is 0 Å². The van der Waals surface area contributed by atoms with Crippen molar-refractivity contribution in [2.75, 3.05) is 25.9 Å². The highest BCUT2D eigenvalue weighted by molar-refractivity contribution is 7.92. The highest BCUT2D eigenvalue weighted by Gasteiger charge is 2.42. The van der Waals surface area contributed by atoms with Gasteiger partial charge in [0.25, 0.3) is 0 Å². The number of piperidine rings is 1. The predicted molar refractivity (Wildman–Crippen MR) is 70.2 cm³/mol. The Kier molecular flexibility index (Phi) is 3.59. The summed E-state index contributed by atoms with van der Waals surface area (Å²) in [7, 11) is -3.35. The topological polar surface area (TPSA) is 83.6 Å². The van der Waals surface area contributed by atoms with Crippen LogP contribution in [0.3, 0.4) is 0 Å². The normalized spacial score (nSPS) is 24.3. The van der Waals surface area contributed by atoms with E-state index in [0.29, 0.717) is 26.1 Å². The lowest BCUT2D eigenvalue weighted by atomic mass is 9.77. The molecule has 2 fully saturated rings. The zero-order valence-corrected chi connectivity index (χ0v) is 12.1. The van der Waals surface area contributed by atoms with Crippen molar-refractivity contribution in [1.82, 2.24) is 10.2 Å². The molecule has 1 unspecified atom stereocenters. The van der Waals surface area contributed by atoms with Crippen LogP contribution in [0.15, 0.2) is 0 Å². The molecule has 0 radical (unpaired) electrons. The van der Waals surface area contributed by atoms with Crippen molar-refractivity contribution >= 4 is 21.7 Å². The van der Waals surface area contributed by atoms with Crippen LogP contribution in [0.5, 0.6) is 0 Å². The predicted octanol–water partition coefficient (Wildman–Crippen LogP) is -0.452. The summed E-state index contributed by atoms with van der Waals surface area (Å²) in [6, 6.07) is 0. The minimum atomic E-state index is -3.35.